The van der Waals surface area contributed by atoms with E-state index < -0.39 is 0 Å². The van der Waals surface area contributed by atoms with Crippen LogP contribution in [0.15, 0.2) is 0 Å². The monoisotopic (exact) mass is 346 g/mol. The minimum absolute atomic E-state index is 0.00199. The summed E-state index contributed by atoms with van der Waals surface area (Å²) in [4.78, 5) is 0. The van der Waals surface area contributed by atoms with E-state index in [1.807, 2.05) is 0 Å². The number of aliphatic hydroxyl groups excluding tert-OH is 1. The van der Waals surface area contributed by atoms with Gasteiger partial charge < -0.3 is 5.11 Å². The Labute approximate surface area is 156 Å². The van der Waals surface area contributed by atoms with E-state index in [0.717, 1.165) is 42.4 Å². The van der Waals surface area contributed by atoms with E-state index in [1.54, 1.807) is 0 Å². The van der Waals surface area contributed by atoms with Crippen LogP contribution in [0.3, 0.4) is 0 Å². The van der Waals surface area contributed by atoms with Gasteiger partial charge in [-0.15, -0.1) is 0 Å². The number of rotatable bonds is 4. The Kier molecular flexibility index (Phi) is 5.02. The van der Waals surface area contributed by atoms with E-state index in [2.05, 4.69) is 20.8 Å². The second-order valence-electron chi connectivity index (χ2n) is 10.6. The average Bonchev–Trinajstić information content (AvgIpc) is 2.99. The van der Waals surface area contributed by atoms with Crippen LogP contribution in [0.4, 0.5) is 0 Å². The maximum absolute atomic E-state index is 10.2. The lowest BCUT2D eigenvalue weighted by Crippen LogP contribution is -2.54. The number of hydrogen-bond donors (Lipinski definition) is 1. The molecular formula is C24H42O. The van der Waals surface area contributed by atoms with Crippen molar-refractivity contribution in [2.45, 2.75) is 110 Å². The molecule has 0 spiro atoms. The first-order valence-corrected chi connectivity index (χ1v) is 11.7. The molecule has 144 valence electrons. The van der Waals surface area contributed by atoms with Crippen LogP contribution >= 0.6 is 0 Å². The highest BCUT2D eigenvalue weighted by Gasteiger charge is 2.60. The number of hydrogen-bond acceptors (Lipinski definition) is 1. The quantitative estimate of drug-likeness (QED) is 0.609. The third-order valence-corrected chi connectivity index (χ3v) is 10.1. The molecule has 1 N–H and O–H groups in total. The molecule has 0 aromatic carbocycles. The summed E-state index contributed by atoms with van der Waals surface area (Å²) in [6.45, 7) is 7.51. The van der Waals surface area contributed by atoms with E-state index >= 15 is 0 Å². The lowest BCUT2D eigenvalue weighted by molar-refractivity contribution is -0.131. The topological polar surface area (TPSA) is 20.2 Å². The largest absolute Gasteiger partial charge is 0.393 e. The highest BCUT2D eigenvalue weighted by molar-refractivity contribution is 5.10. The SMILES string of the molecule is CCCC[C@H]1CC[C@H]2[C@@H]3CC[C@@H]4C[C@H](O)CC[C@]4(C)[C@H]3CC[C@]12CC. The predicted molar refractivity (Wildman–Crippen MR) is 105 cm³/mol. The van der Waals surface area contributed by atoms with E-state index in [0.29, 0.717) is 10.8 Å². The van der Waals surface area contributed by atoms with Gasteiger partial charge in [0.05, 0.1) is 6.10 Å². The minimum atomic E-state index is -0.00199. The summed E-state index contributed by atoms with van der Waals surface area (Å²) in [7, 11) is 0. The fourth-order valence-corrected chi connectivity index (χ4v) is 8.76. The second kappa shape index (κ2) is 6.84. The van der Waals surface area contributed by atoms with Crippen LogP contribution in [0.5, 0.6) is 0 Å². The van der Waals surface area contributed by atoms with E-state index in [1.165, 1.54) is 70.6 Å². The van der Waals surface area contributed by atoms with Crippen LogP contribution in [0.2, 0.25) is 0 Å². The molecule has 0 aromatic heterocycles. The molecule has 4 fully saturated rings. The van der Waals surface area contributed by atoms with Crippen molar-refractivity contribution in [2.24, 2.45) is 40.4 Å². The van der Waals surface area contributed by atoms with Crippen LogP contribution in [0.25, 0.3) is 0 Å². The summed E-state index contributed by atoms with van der Waals surface area (Å²) in [6, 6.07) is 0. The smallest absolute Gasteiger partial charge is 0.0543 e. The fourth-order valence-electron chi connectivity index (χ4n) is 8.76. The van der Waals surface area contributed by atoms with E-state index in [-0.39, 0.29) is 6.10 Å². The molecular weight excluding hydrogens is 304 g/mol. The van der Waals surface area contributed by atoms with Gasteiger partial charge >= 0.3 is 0 Å². The van der Waals surface area contributed by atoms with Gasteiger partial charge in [0.2, 0.25) is 0 Å². The maximum Gasteiger partial charge on any atom is 0.0543 e. The molecule has 0 unspecified atom stereocenters. The summed E-state index contributed by atoms with van der Waals surface area (Å²) in [6.07, 6.45) is 18.2. The molecule has 4 rings (SSSR count). The summed E-state index contributed by atoms with van der Waals surface area (Å²) in [5.41, 5.74) is 1.25. The van der Waals surface area contributed by atoms with Crippen LogP contribution in [-0.4, -0.2) is 11.2 Å². The molecule has 0 aliphatic heterocycles. The number of unbranched alkanes of at least 4 members (excludes halogenated alkanes) is 1. The van der Waals surface area contributed by atoms with Gasteiger partial charge in [-0.05, 0) is 111 Å². The van der Waals surface area contributed by atoms with Crippen molar-refractivity contribution in [3.63, 3.8) is 0 Å². The van der Waals surface area contributed by atoms with Gasteiger partial charge in [-0.2, -0.15) is 0 Å². The van der Waals surface area contributed by atoms with Gasteiger partial charge in [-0.3, -0.25) is 0 Å². The van der Waals surface area contributed by atoms with Gasteiger partial charge in [0.1, 0.15) is 0 Å². The Morgan fingerprint density at radius 3 is 2.52 bits per heavy atom. The molecule has 0 heterocycles. The van der Waals surface area contributed by atoms with Gasteiger partial charge in [0, 0.05) is 0 Å². The Hall–Kier alpha value is -0.0400. The summed E-state index contributed by atoms with van der Waals surface area (Å²) >= 11 is 0. The lowest BCUT2D eigenvalue weighted by Gasteiger charge is -2.61. The van der Waals surface area contributed by atoms with Crippen molar-refractivity contribution in [3.8, 4) is 0 Å². The van der Waals surface area contributed by atoms with Crippen LogP contribution in [-0.2, 0) is 0 Å². The Bertz CT molecular complexity index is 473. The van der Waals surface area contributed by atoms with Gasteiger partial charge in [-0.1, -0.05) is 33.6 Å². The zero-order valence-electron chi connectivity index (χ0n) is 17.1. The van der Waals surface area contributed by atoms with Crippen LogP contribution in [0.1, 0.15) is 104 Å². The van der Waals surface area contributed by atoms with E-state index in [9.17, 15) is 5.11 Å². The van der Waals surface area contributed by atoms with Gasteiger partial charge in [0.15, 0.2) is 0 Å². The number of aliphatic hydroxyl groups is 1. The Balaban J connectivity index is 1.57. The second-order valence-corrected chi connectivity index (χ2v) is 10.6. The Morgan fingerprint density at radius 2 is 1.76 bits per heavy atom. The third kappa shape index (κ3) is 2.74. The molecule has 0 aromatic rings. The van der Waals surface area contributed by atoms with Gasteiger partial charge in [0.25, 0.3) is 0 Å². The Morgan fingerprint density at radius 1 is 0.920 bits per heavy atom. The zero-order chi connectivity index (χ0) is 17.7. The molecule has 8 atom stereocenters. The summed E-state index contributed by atoms with van der Waals surface area (Å²) in [5, 5.41) is 10.2. The highest BCUT2D eigenvalue weighted by atomic mass is 16.3. The normalized spacial score (nSPS) is 52.3. The third-order valence-electron chi connectivity index (χ3n) is 10.1. The first-order chi connectivity index (χ1) is 12.0. The van der Waals surface area contributed by atoms with Crippen LogP contribution < -0.4 is 0 Å². The molecule has 4 aliphatic carbocycles. The molecule has 1 nitrogen and oxygen atoms in total. The highest BCUT2D eigenvalue weighted by Crippen LogP contribution is 2.68. The zero-order valence-corrected chi connectivity index (χ0v) is 17.1. The van der Waals surface area contributed by atoms with Crippen molar-refractivity contribution in [3.05, 3.63) is 0 Å². The first kappa shape index (κ1) is 18.3. The number of fused-ring (bicyclic) bond motifs is 5. The molecule has 0 amide bonds. The van der Waals surface area contributed by atoms with Crippen molar-refractivity contribution < 1.29 is 5.11 Å². The summed E-state index contributed by atoms with van der Waals surface area (Å²) < 4.78 is 0. The first-order valence-electron chi connectivity index (χ1n) is 11.7. The molecule has 0 saturated heterocycles. The van der Waals surface area contributed by atoms with E-state index in [4.69, 9.17) is 0 Å². The van der Waals surface area contributed by atoms with Gasteiger partial charge in [-0.25, -0.2) is 0 Å². The standard InChI is InChI=1S/C24H42O/c1-4-6-7-17-9-11-22-20-10-8-18-16-19(25)12-14-23(18,3)21(20)13-15-24(17,22)5-2/h17-22,25H,4-16H2,1-3H3/t17-,18+,19+,20+,21-,22-,23-,24+/m0/s1. The lowest BCUT2D eigenvalue weighted by atomic mass is 9.44. The molecule has 4 saturated carbocycles. The molecule has 0 radical (unpaired) electrons. The van der Waals surface area contributed by atoms with Crippen molar-refractivity contribution >= 4 is 0 Å². The fraction of sp³-hybridized carbons (Fsp3) is 1.00. The van der Waals surface area contributed by atoms with Crippen molar-refractivity contribution in [1.29, 1.82) is 0 Å². The van der Waals surface area contributed by atoms with Crippen LogP contribution in [0, 0.1) is 40.4 Å². The van der Waals surface area contributed by atoms with Crippen molar-refractivity contribution in [1.82, 2.24) is 0 Å². The summed E-state index contributed by atoms with van der Waals surface area (Å²) in [5.74, 6) is 4.85. The average molecular weight is 347 g/mol. The maximum atomic E-state index is 10.2. The minimum Gasteiger partial charge on any atom is -0.393 e. The molecule has 1 heteroatoms. The predicted octanol–water partition coefficient (Wildman–Crippen LogP) is 6.59. The molecule has 0 bridgehead atoms. The molecule has 4 aliphatic rings. The molecule has 25 heavy (non-hydrogen) atoms. The van der Waals surface area contributed by atoms with Crippen molar-refractivity contribution in [2.75, 3.05) is 0 Å².